The highest BCUT2D eigenvalue weighted by atomic mass is 16.5. The molecule has 0 N–H and O–H groups in total. The number of nitrogens with zero attached hydrogens (tertiary/aromatic N) is 2. The van der Waals surface area contributed by atoms with E-state index in [1.54, 1.807) is 6.92 Å². The van der Waals surface area contributed by atoms with Crippen LogP contribution in [-0.2, 0) is 16.6 Å². The molecule has 1 aliphatic rings. The molecular formula is C14H14N2O2. The van der Waals surface area contributed by atoms with Gasteiger partial charge in [0.05, 0.1) is 0 Å². The molecule has 0 radical (unpaired) electrons. The number of rotatable bonds is 1. The van der Waals surface area contributed by atoms with Crippen LogP contribution in [0.15, 0.2) is 22.7 Å². The van der Waals surface area contributed by atoms with Crippen LogP contribution in [0.5, 0.6) is 0 Å². The molecule has 0 fully saturated rings. The van der Waals surface area contributed by atoms with E-state index in [0.29, 0.717) is 18.1 Å². The van der Waals surface area contributed by atoms with Crippen molar-refractivity contribution in [2.24, 2.45) is 0 Å². The quantitative estimate of drug-likeness (QED) is 0.770. The van der Waals surface area contributed by atoms with E-state index in [1.807, 2.05) is 32.0 Å². The molecule has 18 heavy (non-hydrogen) atoms. The Bertz CT molecular complexity index is 641. The van der Waals surface area contributed by atoms with E-state index in [2.05, 4.69) is 10.1 Å². The second-order valence-corrected chi connectivity index (χ2v) is 5.24. The van der Waals surface area contributed by atoms with Crippen LogP contribution in [0.2, 0.25) is 0 Å². The molecule has 1 aromatic heterocycles. The van der Waals surface area contributed by atoms with Crippen molar-refractivity contribution in [1.29, 1.82) is 0 Å². The standard InChI is InChI=1S/C14H14N2O2/c1-8-15-13(18-16-8)9-4-5-11-10(6-9)7-12(17)14(11,2)3/h4-6H,7H2,1-3H3. The van der Waals surface area contributed by atoms with Crippen molar-refractivity contribution < 1.29 is 9.32 Å². The average Bonchev–Trinajstić information content (AvgIpc) is 2.83. The average molecular weight is 242 g/mol. The summed E-state index contributed by atoms with van der Waals surface area (Å²) in [7, 11) is 0. The van der Waals surface area contributed by atoms with Crippen molar-refractivity contribution in [2.75, 3.05) is 0 Å². The summed E-state index contributed by atoms with van der Waals surface area (Å²) >= 11 is 0. The van der Waals surface area contributed by atoms with Crippen molar-refractivity contribution in [2.45, 2.75) is 32.6 Å². The minimum absolute atomic E-state index is 0.261. The smallest absolute Gasteiger partial charge is 0.257 e. The predicted octanol–water partition coefficient (Wildman–Crippen LogP) is 2.45. The fourth-order valence-electron chi connectivity index (χ4n) is 2.44. The van der Waals surface area contributed by atoms with Gasteiger partial charge in [0, 0.05) is 17.4 Å². The largest absolute Gasteiger partial charge is 0.334 e. The Balaban J connectivity index is 2.09. The maximum atomic E-state index is 12.0. The number of aryl methyl sites for hydroxylation is 1. The Hall–Kier alpha value is -1.97. The lowest BCUT2D eigenvalue weighted by Gasteiger charge is -2.16. The Morgan fingerprint density at radius 1 is 1.33 bits per heavy atom. The number of carbonyl (C=O) groups excluding carboxylic acids is 1. The number of hydrogen-bond donors (Lipinski definition) is 0. The summed E-state index contributed by atoms with van der Waals surface area (Å²) in [6.45, 7) is 5.72. The van der Waals surface area contributed by atoms with Crippen LogP contribution >= 0.6 is 0 Å². The molecule has 4 heteroatoms. The van der Waals surface area contributed by atoms with Crippen molar-refractivity contribution in [1.82, 2.24) is 10.1 Å². The zero-order valence-corrected chi connectivity index (χ0v) is 10.7. The van der Waals surface area contributed by atoms with Crippen LogP contribution in [0, 0.1) is 6.92 Å². The van der Waals surface area contributed by atoms with Crippen LogP contribution in [0.1, 0.15) is 30.8 Å². The summed E-state index contributed by atoms with van der Waals surface area (Å²) in [5.41, 5.74) is 2.67. The topological polar surface area (TPSA) is 56.0 Å². The lowest BCUT2D eigenvalue weighted by Crippen LogP contribution is -2.23. The summed E-state index contributed by atoms with van der Waals surface area (Å²) in [4.78, 5) is 16.2. The minimum Gasteiger partial charge on any atom is -0.334 e. The molecule has 1 aromatic carbocycles. The maximum Gasteiger partial charge on any atom is 0.257 e. The summed E-state index contributed by atoms with van der Waals surface area (Å²) < 4.78 is 5.14. The van der Waals surface area contributed by atoms with Gasteiger partial charge in [-0.25, -0.2) is 0 Å². The van der Waals surface area contributed by atoms with E-state index in [-0.39, 0.29) is 11.2 Å². The van der Waals surface area contributed by atoms with Crippen molar-refractivity contribution in [3.8, 4) is 11.5 Å². The molecule has 3 rings (SSSR count). The Kier molecular flexibility index (Phi) is 2.17. The lowest BCUT2D eigenvalue weighted by atomic mass is 9.85. The number of hydrogen-bond acceptors (Lipinski definition) is 4. The van der Waals surface area contributed by atoms with Crippen molar-refractivity contribution in [3.05, 3.63) is 35.2 Å². The van der Waals surface area contributed by atoms with Crippen molar-refractivity contribution in [3.63, 3.8) is 0 Å². The summed E-state index contributed by atoms with van der Waals surface area (Å²) in [5.74, 6) is 1.38. The molecule has 0 aliphatic heterocycles. The molecular weight excluding hydrogens is 228 g/mol. The zero-order chi connectivity index (χ0) is 12.9. The first-order chi connectivity index (χ1) is 8.48. The monoisotopic (exact) mass is 242 g/mol. The molecule has 0 bridgehead atoms. The van der Waals surface area contributed by atoms with Gasteiger partial charge in [0.1, 0.15) is 5.78 Å². The second kappa shape index (κ2) is 3.51. The fourth-order valence-corrected chi connectivity index (χ4v) is 2.44. The molecule has 0 amide bonds. The molecule has 0 saturated carbocycles. The number of Topliss-reactive ketones (excluding diaryl/α,β-unsaturated/α-hetero) is 1. The van der Waals surface area contributed by atoms with Gasteiger partial charge in [-0.15, -0.1) is 0 Å². The van der Waals surface area contributed by atoms with Crippen LogP contribution in [0.25, 0.3) is 11.5 Å². The number of benzene rings is 1. The SMILES string of the molecule is Cc1noc(-c2ccc3c(c2)CC(=O)C3(C)C)n1. The molecule has 2 aromatic rings. The van der Waals surface area contributed by atoms with Crippen LogP contribution in [0.3, 0.4) is 0 Å². The number of aromatic nitrogens is 2. The first-order valence-electron chi connectivity index (χ1n) is 5.96. The summed E-state index contributed by atoms with van der Waals surface area (Å²) in [5, 5.41) is 3.78. The van der Waals surface area contributed by atoms with Gasteiger partial charge in [-0.3, -0.25) is 4.79 Å². The minimum atomic E-state index is -0.376. The molecule has 0 unspecified atom stereocenters. The molecule has 0 spiro atoms. The van der Waals surface area contributed by atoms with Gasteiger partial charge in [0.15, 0.2) is 5.82 Å². The van der Waals surface area contributed by atoms with E-state index in [0.717, 1.165) is 16.7 Å². The number of ketones is 1. The Morgan fingerprint density at radius 3 is 2.78 bits per heavy atom. The predicted molar refractivity (Wildman–Crippen MR) is 66.2 cm³/mol. The highest BCUT2D eigenvalue weighted by Crippen LogP contribution is 2.37. The lowest BCUT2D eigenvalue weighted by molar-refractivity contribution is -0.121. The second-order valence-electron chi connectivity index (χ2n) is 5.24. The van der Waals surface area contributed by atoms with E-state index in [4.69, 9.17) is 4.52 Å². The van der Waals surface area contributed by atoms with Crippen LogP contribution < -0.4 is 0 Å². The third kappa shape index (κ3) is 1.49. The number of carbonyl (C=O) groups is 1. The van der Waals surface area contributed by atoms with Gasteiger partial charge >= 0.3 is 0 Å². The fraction of sp³-hybridized carbons (Fsp3) is 0.357. The summed E-state index contributed by atoms with van der Waals surface area (Å²) in [6, 6.07) is 5.91. The van der Waals surface area contributed by atoms with E-state index < -0.39 is 0 Å². The molecule has 1 heterocycles. The first-order valence-corrected chi connectivity index (χ1v) is 5.96. The third-order valence-electron chi connectivity index (χ3n) is 3.60. The third-order valence-corrected chi connectivity index (χ3v) is 3.60. The van der Waals surface area contributed by atoms with Crippen LogP contribution in [0.4, 0.5) is 0 Å². The van der Waals surface area contributed by atoms with E-state index >= 15 is 0 Å². The zero-order valence-electron chi connectivity index (χ0n) is 10.7. The van der Waals surface area contributed by atoms with Gasteiger partial charge in [0.2, 0.25) is 0 Å². The molecule has 1 aliphatic carbocycles. The molecule has 0 saturated heterocycles. The Labute approximate surface area is 105 Å². The van der Waals surface area contributed by atoms with Crippen molar-refractivity contribution >= 4 is 5.78 Å². The number of fused-ring (bicyclic) bond motifs is 1. The van der Waals surface area contributed by atoms with E-state index in [1.165, 1.54) is 0 Å². The Morgan fingerprint density at radius 2 is 2.11 bits per heavy atom. The maximum absolute atomic E-state index is 12.0. The molecule has 0 atom stereocenters. The van der Waals surface area contributed by atoms with Gasteiger partial charge in [-0.2, -0.15) is 4.98 Å². The normalized spacial score (nSPS) is 16.9. The van der Waals surface area contributed by atoms with Gasteiger partial charge in [0.25, 0.3) is 5.89 Å². The first kappa shape index (κ1) is 11.1. The highest BCUT2D eigenvalue weighted by molar-refractivity contribution is 5.96. The van der Waals surface area contributed by atoms with Gasteiger partial charge in [-0.05, 0) is 44.0 Å². The van der Waals surface area contributed by atoms with Crippen LogP contribution in [-0.4, -0.2) is 15.9 Å². The molecule has 4 nitrogen and oxygen atoms in total. The van der Waals surface area contributed by atoms with E-state index in [9.17, 15) is 4.79 Å². The summed E-state index contributed by atoms with van der Waals surface area (Å²) in [6.07, 6.45) is 0.489. The van der Waals surface area contributed by atoms with Gasteiger partial charge < -0.3 is 4.52 Å². The van der Waals surface area contributed by atoms with Gasteiger partial charge in [-0.1, -0.05) is 11.2 Å². The highest BCUT2D eigenvalue weighted by Gasteiger charge is 2.37. The molecule has 92 valence electrons.